The van der Waals surface area contributed by atoms with Gasteiger partial charge in [-0.15, -0.1) is 10.2 Å². The maximum atomic E-state index is 13.4. The standard InChI is InChI=1S/C23H25N7O3/c1-15(2)29-14-24-27-22(29)18-5-4-6-21(26-18)30-23(31)17-12-20-19(11-16(17)13-25-30)28(7-9-32-3)8-10-33-20/h4-6,11-15H,7-10H2,1-3H3. The molecule has 10 heteroatoms. The number of rotatable bonds is 6. The molecule has 0 N–H and O–H groups in total. The summed E-state index contributed by atoms with van der Waals surface area (Å²) in [4.78, 5) is 20.2. The minimum Gasteiger partial charge on any atom is -0.490 e. The summed E-state index contributed by atoms with van der Waals surface area (Å²) in [6, 6.07) is 9.35. The summed E-state index contributed by atoms with van der Waals surface area (Å²) in [7, 11) is 1.68. The van der Waals surface area contributed by atoms with Gasteiger partial charge in [0, 0.05) is 25.1 Å². The van der Waals surface area contributed by atoms with E-state index in [-0.39, 0.29) is 11.6 Å². The molecule has 0 spiro atoms. The van der Waals surface area contributed by atoms with Crippen LogP contribution in [0.2, 0.25) is 0 Å². The smallest absolute Gasteiger partial charge is 0.280 e. The predicted octanol–water partition coefficient (Wildman–Crippen LogP) is 2.47. The molecule has 0 amide bonds. The summed E-state index contributed by atoms with van der Waals surface area (Å²) in [5.74, 6) is 1.74. The second kappa shape index (κ2) is 8.62. The Morgan fingerprint density at radius 2 is 2.12 bits per heavy atom. The molecule has 170 valence electrons. The van der Waals surface area contributed by atoms with Crippen LogP contribution in [0.1, 0.15) is 19.9 Å². The molecule has 4 aromatic rings. The molecule has 0 unspecified atom stereocenters. The Morgan fingerprint density at radius 1 is 1.24 bits per heavy atom. The van der Waals surface area contributed by atoms with Crippen molar-refractivity contribution in [2.75, 3.05) is 38.3 Å². The molecule has 33 heavy (non-hydrogen) atoms. The largest absolute Gasteiger partial charge is 0.490 e. The first-order valence-electron chi connectivity index (χ1n) is 10.9. The van der Waals surface area contributed by atoms with Gasteiger partial charge in [-0.25, -0.2) is 4.98 Å². The third kappa shape index (κ3) is 3.82. The van der Waals surface area contributed by atoms with Gasteiger partial charge >= 0.3 is 0 Å². The Hall–Kier alpha value is -3.79. The first-order chi connectivity index (χ1) is 16.1. The van der Waals surface area contributed by atoms with E-state index in [1.165, 1.54) is 4.68 Å². The van der Waals surface area contributed by atoms with Crippen molar-refractivity contribution in [3.8, 4) is 23.1 Å². The zero-order chi connectivity index (χ0) is 22.9. The van der Waals surface area contributed by atoms with Crippen molar-refractivity contribution in [1.29, 1.82) is 0 Å². The van der Waals surface area contributed by atoms with Crippen molar-refractivity contribution in [2.24, 2.45) is 0 Å². The number of anilines is 1. The van der Waals surface area contributed by atoms with E-state index < -0.39 is 0 Å². The minimum absolute atomic E-state index is 0.177. The molecule has 1 aliphatic heterocycles. The molecule has 0 saturated heterocycles. The Bertz CT molecular complexity index is 1360. The number of fused-ring (bicyclic) bond motifs is 2. The number of ether oxygens (including phenoxy) is 2. The van der Waals surface area contributed by atoms with Gasteiger partial charge in [0.15, 0.2) is 11.6 Å². The highest BCUT2D eigenvalue weighted by molar-refractivity contribution is 5.88. The lowest BCUT2D eigenvalue weighted by atomic mass is 10.1. The maximum absolute atomic E-state index is 13.4. The van der Waals surface area contributed by atoms with E-state index in [2.05, 4.69) is 25.2 Å². The topological polar surface area (TPSA) is 100 Å². The predicted molar refractivity (Wildman–Crippen MR) is 124 cm³/mol. The lowest BCUT2D eigenvalue weighted by Gasteiger charge is -2.31. The van der Waals surface area contributed by atoms with Crippen LogP contribution in [0, 0.1) is 0 Å². The summed E-state index contributed by atoms with van der Waals surface area (Å²) in [6.45, 7) is 6.78. The summed E-state index contributed by atoms with van der Waals surface area (Å²) in [6.07, 6.45) is 3.36. The molecule has 0 bridgehead atoms. The molecule has 3 aromatic heterocycles. The van der Waals surface area contributed by atoms with Crippen LogP contribution in [0.25, 0.3) is 28.1 Å². The molecule has 0 atom stereocenters. The maximum Gasteiger partial charge on any atom is 0.280 e. The summed E-state index contributed by atoms with van der Waals surface area (Å²) in [5, 5.41) is 13.9. The van der Waals surface area contributed by atoms with Gasteiger partial charge < -0.3 is 18.9 Å². The molecule has 0 aliphatic carbocycles. The fourth-order valence-electron chi connectivity index (χ4n) is 3.98. The number of nitrogens with zero attached hydrogens (tertiary/aromatic N) is 7. The molecule has 1 aliphatic rings. The number of hydrogen-bond donors (Lipinski definition) is 0. The SMILES string of the molecule is COCCN1CCOc2cc3c(=O)n(-c4cccc(-c5nncn5C(C)C)n4)ncc3cc21. The van der Waals surface area contributed by atoms with Gasteiger partial charge in [0.25, 0.3) is 5.56 Å². The van der Waals surface area contributed by atoms with Gasteiger partial charge in [-0.1, -0.05) is 6.07 Å². The Balaban J connectivity index is 1.57. The van der Waals surface area contributed by atoms with E-state index in [0.29, 0.717) is 41.7 Å². The number of benzene rings is 1. The number of pyridine rings is 1. The third-order valence-electron chi connectivity index (χ3n) is 5.70. The molecule has 1 aromatic carbocycles. The molecule has 4 heterocycles. The third-order valence-corrected chi connectivity index (χ3v) is 5.70. The second-order valence-electron chi connectivity index (χ2n) is 8.13. The molecular weight excluding hydrogens is 422 g/mol. The zero-order valence-corrected chi connectivity index (χ0v) is 18.8. The van der Waals surface area contributed by atoms with Crippen molar-refractivity contribution >= 4 is 16.5 Å². The van der Waals surface area contributed by atoms with Gasteiger partial charge in [0.1, 0.15) is 24.4 Å². The number of aromatic nitrogens is 6. The Kier molecular flexibility index (Phi) is 5.51. The van der Waals surface area contributed by atoms with Crippen LogP contribution in [0.4, 0.5) is 5.69 Å². The highest BCUT2D eigenvalue weighted by Gasteiger charge is 2.21. The quantitative estimate of drug-likeness (QED) is 0.444. The zero-order valence-electron chi connectivity index (χ0n) is 18.8. The average molecular weight is 447 g/mol. The molecular formula is C23H25N7O3. The van der Waals surface area contributed by atoms with E-state index in [4.69, 9.17) is 9.47 Å². The van der Waals surface area contributed by atoms with E-state index in [9.17, 15) is 4.79 Å². The van der Waals surface area contributed by atoms with E-state index in [0.717, 1.165) is 24.2 Å². The average Bonchev–Trinajstić information content (AvgIpc) is 3.33. The van der Waals surface area contributed by atoms with Crippen LogP contribution in [-0.2, 0) is 4.74 Å². The lowest BCUT2D eigenvalue weighted by molar-refractivity contribution is 0.201. The Morgan fingerprint density at radius 3 is 2.94 bits per heavy atom. The summed E-state index contributed by atoms with van der Waals surface area (Å²) >= 11 is 0. The normalized spacial score (nSPS) is 13.4. The van der Waals surface area contributed by atoms with Crippen LogP contribution in [0.15, 0.2) is 47.7 Å². The van der Waals surface area contributed by atoms with Crippen molar-refractivity contribution in [2.45, 2.75) is 19.9 Å². The fourth-order valence-corrected chi connectivity index (χ4v) is 3.98. The van der Waals surface area contributed by atoms with E-state index >= 15 is 0 Å². The van der Waals surface area contributed by atoms with Gasteiger partial charge in [-0.05, 0) is 38.1 Å². The molecule has 10 nitrogen and oxygen atoms in total. The number of methoxy groups -OCH3 is 1. The first kappa shape index (κ1) is 21.1. The highest BCUT2D eigenvalue weighted by atomic mass is 16.5. The van der Waals surface area contributed by atoms with E-state index in [1.54, 1.807) is 31.8 Å². The van der Waals surface area contributed by atoms with Gasteiger partial charge in [-0.2, -0.15) is 9.78 Å². The summed E-state index contributed by atoms with van der Waals surface area (Å²) < 4.78 is 14.3. The molecule has 5 rings (SSSR count). The Labute approximate surface area is 190 Å². The van der Waals surface area contributed by atoms with Crippen LogP contribution in [0.3, 0.4) is 0 Å². The van der Waals surface area contributed by atoms with Gasteiger partial charge in [-0.3, -0.25) is 4.79 Å². The fraction of sp³-hybridized carbons (Fsp3) is 0.348. The molecule has 0 fully saturated rings. The minimum atomic E-state index is -0.261. The van der Waals surface area contributed by atoms with Crippen LogP contribution < -0.4 is 15.2 Å². The highest BCUT2D eigenvalue weighted by Crippen LogP contribution is 2.34. The van der Waals surface area contributed by atoms with Gasteiger partial charge in [0.2, 0.25) is 0 Å². The van der Waals surface area contributed by atoms with Crippen LogP contribution >= 0.6 is 0 Å². The van der Waals surface area contributed by atoms with Crippen LogP contribution in [0.5, 0.6) is 5.75 Å². The van der Waals surface area contributed by atoms with Crippen LogP contribution in [-0.4, -0.2) is 62.9 Å². The van der Waals surface area contributed by atoms with Crippen molar-refractivity contribution in [1.82, 2.24) is 29.5 Å². The second-order valence-corrected chi connectivity index (χ2v) is 8.13. The summed E-state index contributed by atoms with van der Waals surface area (Å²) in [5.41, 5.74) is 1.30. The number of hydrogen-bond acceptors (Lipinski definition) is 8. The van der Waals surface area contributed by atoms with Gasteiger partial charge in [0.05, 0.1) is 30.4 Å². The molecule has 0 saturated carbocycles. The van der Waals surface area contributed by atoms with Crippen molar-refractivity contribution in [3.05, 3.63) is 53.2 Å². The monoisotopic (exact) mass is 447 g/mol. The first-order valence-corrected chi connectivity index (χ1v) is 10.9. The molecule has 0 radical (unpaired) electrons. The van der Waals surface area contributed by atoms with Crippen molar-refractivity contribution in [3.63, 3.8) is 0 Å². The van der Waals surface area contributed by atoms with E-state index in [1.807, 2.05) is 36.6 Å². The van der Waals surface area contributed by atoms with Crippen molar-refractivity contribution < 1.29 is 9.47 Å². The lowest BCUT2D eigenvalue weighted by Crippen LogP contribution is -2.35.